The molecule has 0 bridgehead atoms. The van der Waals surface area contributed by atoms with Gasteiger partial charge in [-0.15, -0.1) is 0 Å². The number of hydrogen-bond donors (Lipinski definition) is 3. The van der Waals surface area contributed by atoms with Crippen LogP contribution in [-0.4, -0.2) is 25.7 Å². The second-order valence-electron chi connectivity index (χ2n) is 5.00. The molecule has 5 nitrogen and oxygen atoms in total. The van der Waals surface area contributed by atoms with Gasteiger partial charge in [0.15, 0.2) is 0 Å². The number of nitrogens with two attached hydrogens (primary N) is 1. The third-order valence-corrected chi connectivity index (χ3v) is 5.06. The molecule has 0 amide bonds. The third-order valence-electron chi connectivity index (χ3n) is 3.50. The molecule has 1 aliphatic carbocycles. The molecular weight excluding hydrogens is 252 g/mol. The number of aryl methyl sites for hydroxylation is 1. The molecule has 0 aromatic heterocycles. The smallest absolute Gasteiger partial charge is 0.241 e. The van der Waals surface area contributed by atoms with E-state index < -0.39 is 15.6 Å². The highest BCUT2D eigenvalue weighted by atomic mass is 32.2. The van der Waals surface area contributed by atoms with Crippen LogP contribution >= 0.6 is 0 Å². The van der Waals surface area contributed by atoms with Crippen molar-refractivity contribution in [2.75, 3.05) is 12.3 Å². The Balaban J connectivity index is 2.36. The summed E-state index contributed by atoms with van der Waals surface area (Å²) in [6, 6.07) is 3.06. The van der Waals surface area contributed by atoms with Crippen LogP contribution in [0.25, 0.3) is 0 Å². The van der Waals surface area contributed by atoms with E-state index in [4.69, 9.17) is 10.8 Å². The number of rotatable bonds is 4. The van der Waals surface area contributed by atoms with Crippen LogP contribution in [0.4, 0.5) is 5.69 Å². The maximum atomic E-state index is 12.2. The summed E-state index contributed by atoms with van der Waals surface area (Å²) in [4.78, 5) is 0.155. The molecular formula is C12H18N2O3S. The van der Waals surface area contributed by atoms with Crippen molar-refractivity contribution in [3.8, 4) is 0 Å². The number of aliphatic hydroxyl groups excluding tert-OH is 1. The van der Waals surface area contributed by atoms with Crippen LogP contribution in [0.1, 0.15) is 24.0 Å². The topological polar surface area (TPSA) is 92.4 Å². The van der Waals surface area contributed by atoms with Crippen molar-refractivity contribution in [1.82, 2.24) is 4.72 Å². The average Bonchev–Trinajstić information content (AvgIpc) is 3.05. The van der Waals surface area contributed by atoms with Gasteiger partial charge in [0.25, 0.3) is 0 Å². The van der Waals surface area contributed by atoms with Crippen molar-refractivity contribution in [1.29, 1.82) is 0 Å². The molecule has 0 saturated heterocycles. The standard InChI is InChI=1S/C12H18N2O3S/c1-8-5-10(6-11(13)9(8)2)18(16,17)14-12(7-15)3-4-12/h5-6,14-15H,3-4,7,13H2,1-2H3. The minimum atomic E-state index is -3.62. The quantitative estimate of drug-likeness (QED) is 0.702. The van der Waals surface area contributed by atoms with E-state index in [1.54, 1.807) is 6.07 Å². The summed E-state index contributed by atoms with van der Waals surface area (Å²) in [6.07, 6.45) is 1.34. The van der Waals surface area contributed by atoms with Gasteiger partial charge in [-0.1, -0.05) is 0 Å². The Morgan fingerprint density at radius 1 is 1.39 bits per heavy atom. The van der Waals surface area contributed by atoms with E-state index in [9.17, 15) is 8.42 Å². The van der Waals surface area contributed by atoms with Gasteiger partial charge in [0.1, 0.15) is 0 Å². The number of benzene rings is 1. The lowest BCUT2D eigenvalue weighted by molar-refractivity contribution is 0.246. The van der Waals surface area contributed by atoms with Crippen LogP contribution in [0.15, 0.2) is 17.0 Å². The third kappa shape index (κ3) is 2.36. The Morgan fingerprint density at radius 3 is 2.44 bits per heavy atom. The maximum absolute atomic E-state index is 12.2. The Hall–Kier alpha value is -1.11. The van der Waals surface area contributed by atoms with E-state index in [2.05, 4.69) is 4.72 Å². The molecule has 1 aromatic rings. The van der Waals surface area contributed by atoms with E-state index in [1.165, 1.54) is 6.07 Å². The van der Waals surface area contributed by atoms with Crippen molar-refractivity contribution in [3.63, 3.8) is 0 Å². The normalized spacial score (nSPS) is 17.7. The first-order valence-corrected chi connectivity index (χ1v) is 7.30. The van der Waals surface area contributed by atoms with Gasteiger partial charge in [-0.25, -0.2) is 13.1 Å². The fourth-order valence-corrected chi connectivity index (χ4v) is 3.37. The summed E-state index contributed by atoms with van der Waals surface area (Å²) in [6.45, 7) is 3.50. The first kappa shape index (κ1) is 13.3. The SMILES string of the molecule is Cc1cc(S(=O)(=O)NC2(CO)CC2)cc(N)c1C. The first-order chi connectivity index (χ1) is 8.30. The van der Waals surface area contributed by atoms with E-state index >= 15 is 0 Å². The molecule has 6 heteroatoms. The molecule has 18 heavy (non-hydrogen) atoms. The number of sulfonamides is 1. The van der Waals surface area contributed by atoms with Gasteiger partial charge >= 0.3 is 0 Å². The molecule has 0 heterocycles. The van der Waals surface area contributed by atoms with Gasteiger partial charge in [-0.3, -0.25) is 0 Å². The number of anilines is 1. The van der Waals surface area contributed by atoms with E-state index in [1.807, 2.05) is 13.8 Å². The van der Waals surface area contributed by atoms with Crippen LogP contribution in [0.5, 0.6) is 0 Å². The largest absolute Gasteiger partial charge is 0.398 e. The lowest BCUT2D eigenvalue weighted by Gasteiger charge is -2.16. The molecule has 0 radical (unpaired) electrons. The Morgan fingerprint density at radius 2 is 2.00 bits per heavy atom. The predicted molar refractivity (Wildman–Crippen MR) is 69.7 cm³/mol. The van der Waals surface area contributed by atoms with Crippen LogP contribution in [0, 0.1) is 13.8 Å². The lowest BCUT2D eigenvalue weighted by Crippen LogP contribution is -2.39. The zero-order valence-electron chi connectivity index (χ0n) is 10.5. The van der Waals surface area contributed by atoms with Crippen molar-refractivity contribution in [2.24, 2.45) is 0 Å². The van der Waals surface area contributed by atoms with Crippen molar-refractivity contribution in [3.05, 3.63) is 23.3 Å². The highest BCUT2D eigenvalue weighted by Crippen LogP contribution is 2.36. The maximum Gasteiger partial charge on any atom is 0.241 e. The minimum Gasteiger partial charge on any atom is -0.398 e. The monoisotopic (exact) mass is 270 g/mol. The number of aliphatic hydroxyl groups is 1. The zero-order valence-corrected chi connectivity index (χ0v) is 11.3. The highest BCUT2D eigenvalue weighted by Gasteiger charge is 2.45. The number of hydrogen-bond acceptors (Lipinski definition) is 4. The summed E-state index contributed by atoms with van der Waals surface area (Å²) in [5.74, 6) is 0. The van der Waals surface area contributed by atoms with E-state index in [0.717, 1.165) is 11.1 Å². The molecule has 0 atom stereocenters. The lowest BCUT2D eigenvalue weighted by atomic mass is 10.1. The summed E-state index contributed by atoms with van der Waals surface area (Å²) < 4.78 is 26.9. The second kappa shape index (κ2) is 4.22. The Kier molecular flexibility index (Phi) is 3.12. The molecule has 0 spiro atoms. The summed E-state index contributed by atoms with van der Waals surface area (Å²) >= 11 is 0. The average molecular weight is 270 g/mol. The van der Waals surface area contributed by atoms with Crippen molar-refractivity contribution in [2.45, 2.75) is 37.1 Å². The van der Waals surface area contributed by atoms with Crippen LogP contribution < -0.4 is 10.5 Å². The molecule has 1 aromatic carbocycles. The summed E-state index contributed by atoms with van der Waals surface area (Å²) in [5.41, 5.74) is 7.31. The van der Waals surface area contributed by atoms with Crippen LogP contribution in [-0.2, 0) is 10.0 Å². The zero-order chi connectivity index (χ0) is 13.6. The van der Waals surface area contributed by atoms with Gasteiger partial charge in [-0.05, 0) is 49.9 Å². The second-order valence-corrected chi connectivity index (χ2v) is 6.68. The van der Waals surface area contributed by atoms with Gasteiger partial charge in [-0.2, -0.15) is 0 Å². The summed E-state index contributed by atoms with van der Waals surface area (Å²) in [7, 11) is -3.62. The highest BCUT2D eigenvalue weighted by molar-refractivity contribution is 7.89. The fourth-order valence-electron chi connectivity index (χ4n) is 1.79. The Bertz CT molecular complexity index is 554. The number of nitrogen functional groups attached to an aromatic ring is 1. The number of nitrogens with one attached hydrogen (secondary N) is 1. The molecule has 4 N–H and O–H groups in total. The van der Waals surface area contributed by atoms with Gasteiger partial charge in [0.05, 0.1) is 17.0 Å². The summed E-state index contributed by atoms with van der Waals surface area (Å²) in [5, 5.41) is 9.17. The molecule has 1 fully saturated rings. The van der Waals surface area contributed by atoms with Crippen LogP contribution in [0.2, 0.25) is 0 Å². The van der Waals surface area contributed by atoms with Gasteiger partial charge in [0.2, 0.25) is 10.0 Å². The Labute approximate surface area is 107 Å². The molecule has 1 aliphatic rings. The first-order valence-electron chi connectivity index (χ1n) is 5.81. The van der Waals surface area contributed by atoms with E-state index in [0.29, 0.717) is 18.5 Å². The minimum absolute atomic E-state index is 0.155. The van der Waals surface area contributed by atoms with Gasteiger partial charge < -0.3 is 10.8 Å². The van der Waals surface area contributed by atoms with Crippen LogP contribution in [0.3, 0.4) is 0 Å². The van der Waals surface area contributed by atoms with Gasteiger partial charge in [0, 0.05) is 5.69 Å². The molecule has 100 valence electrons. The fraction of sp³-hybridized carbons (Fsp3) is 0.500. The molecule has 1 saturated carbocycles. The molecule has 0 unspecified atom stereocenters. The van der Waals surface area contributed by atoms with Crippen molar-refractivity contribution >= 4 is 15.7 Å². The van der Waals surface area contributed by atoms with E-state index in [-0.39, 0.29) is 11.5 Å². The molecule has 0 aliphatic heterocycles. The molecule has 2 rings (SSSR count). The van der Waals surface area contributed by atoms with Crippen molar-refractivity contribution < 1.29 is 13.5 Å². The predicted octanol–water partition coefficient (Wildman–Crippen LogP) is 0.689.